The maximum atomic E-state index is 5.66. The summed E-state index contributed by atoms with van der Waals surface area (Å²) >= 11 is 1.79. The smallest absolute Gasteiger partial charge is 0.138 e. The SMILES string of the molecule is CCCn1ncnc1CC(CSc1ccccc1)NN. The predicted octanol–water partition coefficient (Wildman–Crippen LogP) is 1.85. The van der Waals surface area contributed by atoms with Crippen LogP contribution in [0.5, 0.6) is 0 Å². The van der Waals surface area contributed by atoms with Crippen molar-refractivity contribution in [1.82, 2.24) is 20.2 Å². The Morgan fingerprint density at radius 1 is 1.35 bits per heavy atom. The van der Waals surface area contributed by atoms with Gasteiger partial charge in [0.25, 0.3) is 0 Å². The van der Waals surface area contributed by atoms with Gasteiger partial charge >= 0.3 is 0 Å². The lowest BCUT2D eigenvalue weighted by Crippen LogP contribution is -2.39. The van der Waals surface area contributed by atoms with Crippen molar-refractivity contribution in [1.29, 1.82) is 0 Å². The predicted molar refractivity (Wildman–Crippen MR) is 82.3 cm³/mol. The molecule has 1 unspecified atom stereocenters. The molecule has 5 nitrogen and oxygen atoms in total. The van der Waals surface area contributed by atoms with Crippen LogP contribution < -0.4 is 11.3 Å². The Kier molecular flexibility index (Phi) is 6.04. The van der Waals surface area contributed by atoms with Crippen molar-refractivity contribution in [2.75, 3.05) is 5.75 Å². The van der Waals surface area contributed by atoms with E-state index >= 15 is 0 Å². The van der Waals surface area contributed by atoms with Gasteiger partial charge < -0.3 is 0 Å². The molecule has 3 N–H and O–H groups in total. The summed E-state index contributed by atoms with van der Waals surface area (Å²) in [6.07, 6.45) is 3.45. The maximum Gasteiger partial charge on any atom is 0.138 e. The van der Waals surface area contributed by atoms with E-state index in [2.05, 4.69) is 34.6 Å². The van der Waals surface area contributed by atoms with Gasteiger partial charge in [0.1, 0.15) is 12.2 Å². The topological polar surface area (TPSA) is 68.8 Å². The molecule has 0 fully saturated rings. The third-order valence-electron chi connectivity index (χ3n) is 2.99. The van der Waals surface area contributed by atoms with E-state index in [1.807, 2.05) is 22.9 Å². The Balaban J connectivity index is 1.90. The molecule has 108 valence electrons. The zero-order chi connectivity index (χ0) is 14.2. The van der Waals surface area contributed by atoms with E-state index in [1.165, 1.54) is 4.90 Å². The summed E-state index contributed by atoms with van der Waals surface area (Å²) in [7, 11) is 0. The Bertz CT molecular complexity index is 499. The molecule has 1 atom stereocenters. The van der Waals surface area contributed by atoms with E-state index in [0.29, 0.717) is 0 Å². The van der Waals surface area contributed by atoms with Crippen molar-refractivity contribution in [2.45, 2.75) is 37.2 Å². The molecule has 0 spiro atoms. The maximum absolute atomic E-state index is 5.66. The number of thioether (sulfide) groups is 1. The number of hydrogen-bond donors (Lipinski definition) is 2. The molecule has 1 aromatic heterocycles. The zero-order valence-electron chi connectivity index (χ0n) is 11.7. The number of benzene rings is 1. The van der Waals surface area contributed by atoms with Crippen LogP contribution in [0.3, 0.4) is 0 Å². The summed E-state index contributed by atoms with van der Waals surface area (Å²) in [5, 5.41) is 4.24. The van der Waals surface area contributed by atoms with Gasteiger partial charge in [0, 0.05) is 29.7 Å². The second-order valence-corrected chi connectivity index (χ2v) is 5.68. The second-order valence-electron chi connectivity index (χ2n) is 4.59. The van der Waals surface area contributed by atoms with Gasteiger partial charge in [0.2, 0.25) is 0 Å². The van der Waals surface area contributed by atoms with E-state index in [1.54, 1.807) is 18.1 Å². The van der Waals surface area contributed by atoms with E-state index < -0.39 is 0 Å². The molecule has 2 aromatic rings. The molecule has 0 aliphatic heterocycles. The van der Waals surface area contributed by atoms with Crippen molar-refractivity contribution < 1.29 is 0 Å². The molecular weight excluding hydrogens is 270 g/mol. The lowest BCUT2D eigenvalue weighted by Gasteiger charge is -2.15. The minimum absolute atomic E-state index is 0.181. The van der Waals surface area contributed by atoms with Crippen LogP contribution in [0.4, 0.5) is 0 Å². The van der Waals surface area contributed by atoms with Crippen LogP contribution in [0.1, 0.15) is 19.2 Å². The molecule has 0 bridgehead atoms. The Labute approximate surface area is 123 Å². The molecule has 0 aliphatic carbocycles. The molecule has 0 saturated heterocycles. The molecule has 0 amide bonds. The summed E-state index contributed by atoms with van der Waals surface area (Å²) in [6.45, 7) is 3.04. The van der Waals surface area contributed by atoms with Crippen LogP contribution >= 0.6 is 11.8 Å². The Morgan fingerprint density at radius 2 is 2.15 bits per heavy atom. The van der Waals surface area contributed by atoms with E-state index in [4.69, 9.17) is 5.84 Å². The zero-order valence-corrected chi connectivity index (χ0v) is 12.5. The number of hydrogen-bond acceptors (Lipinski definition) is 5. The lowest BCUT2D eigenvalue weighted by atomic mass is 10.2. The average Bonchev–Trinajstić information content (AvgIpc) is 2.92. The van der Waals surface area contributed by atoms with Gasteiger partial charge in [-0.2, -0.15) is 5.10 Å². The fourth-order valence-corrected chi connectivity index (χ4v) is 2.90. The van der Waals surface area contributed by atoms with Crippen molar-refractivity contribution in [3.05, 3.63) is 42.5 Å². The summed E-state index contributed by atoms with van der Waals surface area (Å²) in [5.74, 6) is 7.55. The Hall–Kier alpha value is -1.37. The highest BCUT2D eigenvalue weighted by Gasteiger charge is 2.13. The van der Waals surface area contributed by atoms with Gasteiger partial charge in [-0.3, -0.25) is 16.0 Å². The number of aryl methyl sites for hydroxylation is 1. The van der Waals surface area contributed by atoms with Gasteiger partial charge in [-0.1, -0.05) is 25.1 Å². The highest BCUT2D eigenvalue weighted by molar-refractivity contribution is 7.99. The van der Waals surface area contributed by atoms with E-state index in [-0.39, 0.29) is 6.04 Å². The fourth-order valence-electron chi connectivity index (χ4n) is 1.94. The fraction of sp³-hybridized carbons (Fsp3) is 0.429. The molecule has 20 heavy (non-hydrogen) atoms. The van der Waals surface area contributed by atoms with Crippen molar-refractivity contribution in [2.24, 2.45) is 5.84 Å². The molecule has 1 aromatic carbocycles. The van der Waals surface area contributed by atoms with Crippen molar-refractivity contribution in [3.8, 4) is 0 Å². The van der Waals surface area contributed by atoms with Crippen LogP contribution in [0, 0.1) is 0 Å². The lowest BCUT2D eigenvalue weighted by molar-refractivity contribution is 0.513. The van der Waals surface area contributed by atoms with Crippen LogP contribution in [-0.4, -0.2) is 26.6 Å². The average molecular weight is 291 g/mol. The largest absolute Gasteiger partial charge is 0.271 e. The molecule has 0 aliphatic rings. The Morgan fingerprint density at radius 3 is 2.85 bits per heavy atom. The first-order chi connectivity index (χ1) is 9.83. The van der Waals surface area contributed by atoms with Crippen LogP contribution in [0.15, 0.2) is 41.6 Å². The number of hydrazine groups is 1. The molecule has 0 radical (unpaired) electrons. The van der Waals surface area contributed by atoms with E-state index in [0.717, 1.165) is 31.0 Å². The number of rotatable bonds is 8. The van der Waals surface area contributed by atoms with Gasteiger partial charge in [-0.25, -0.2) is 4.98 Å². The quantitative estimate of drug-likeness (QED) is 0.441. The number of aromatic nitrogens is 3. The van der Waals surface area contributed by atoms with Crippen LogP contribution in [0.2, 0.25) is 0 Å². The van der Waals surface area contributed by atoms with E-state index in [9.17, 15) is 0 Å². The normalized spacial score (nSPS) is 12.5. The first kappa shape index (κ1) is 15.0. The first-order valence-corrected chi connectivity index (χ1v) is 7.82. The van der Waals surface area contributed by atoms with Crippen LogP contribution in [-0.2, 0) is 13.0 Å². The molecule has 0 saturated carbocycles. The van der Waals surface area contributed by atoms with Crippen molar-refractivity contribution in [3.63, 3.8) is 0 Å². The van der Waals surface area contributed by atoms with Gasteiger partial charge in [0.15, 0.2) is 0 Å². The van der Waals surface area contributed by atoms with Gasteiger partial charge in [0.05, 0.1) is 0 Å². The first-order valence-electron chi connectivity index (χ1n) is 6.84. The third-order valence-corrected chi connectivity index (χ3v) is 4.16. The number of nitrogens with two attached hydrogens (primary N) is 1. The monoisotopic (exact) mass is 291 g/mol. The molecule has 2 rings (SSSR count). The molecule has 6 heteroatoms. The molecular formula is C14H21N5S. The summed E-state index contributed by atoms with van der Waals surface area (Å²) in [5.41, 5.74) is 2.88. The minimum Gasteiger partial charge on any atom is -0.271 e. The van der Waals surface area contributed by atoms with Gasteiger partial charge in [-0.15, -0.1) is 11.8 Å². The van der Waals surface area contributed by atoms with Crippen LogP contribution in [0.25, 0.3) is 0 Å². The third kappa shape index (κ3) is 4.33. The number of nitrogens with one attached hydrogen (secondary N) is 1. The standard InChI is InChI=1S/C14H21N5S/c1-2-8-19-14(16-11-17-19)9-12(18-15)10-20-13-6-4-3-5-7-13/h3-7,11-12,18H,2,8-10,15H2,1H3. The van der Waals surface area contributed by atoms with Gasteiger partial charge in [-0.05, 0) is 18.6 Å². The minimum atomic E-state index is 0.181. The summed E-state index contributed by atoms with van der Waals surface area (Å²) in [4.78, 5) is 5.58. The highest BCUT2D eigenvalue weighted by atomic mass is 32.2. The number of nitrogens with zero attached hydrogens (tertiary/aromatic N) is 3. The second kappa shape index (κ2) is 8.04. The molecule has 1 heterocycles. The summed E-state index contributed by atoms with van der Waals surface area (Å²) in [6, 6.07) is 10.5. The van der Waals surface area contributed by atoms with Crippen molar-refractivity contribution >= 4 is 11.8 Å². The summed E-state index contributed by atoms with van der Waals surface area (Å²) < 4.78 is 1.96. The highest BCUT2D eigenvalue weighted by Crippen LogP contribution is 2.18.